The largest absolute Gasteiger partial charge is 0.224 e. The highest BCUT2D eigenvalue weighted by Crippen LogP contribution is 2.32. The first-order valence-corrected chi connectivity index (χ1v) is 8.90. The predicted octanol–water partition coefficient (Wildman–Crippen LogP) is 4.54. The molecular formula is C19H18O2S2. The van der Waals surface area contributed by atoms with Crippen LogP contribution in [0.3, 0.4) is 0 Å². The van der Waals surface area contributed by atoms with E-state index in [1.807, 2.05) is 42.5 Å². The van der Waals surface area contributed by atoms with E-state index in [1.165, 1.54) is 6.26 Å². The first kappa shape index (κ1) is 17.3. The second-order valence-electron chi connectivity index (χ2n) is 5.21. The van der Waals surface area contributed by atoms with E-state index in [0.717, 1.165) is 22.3 Å². The van der Waals surface area contributed by atoms with Crippen LogP contribution >= 0.6 is 13.5 Å². The highest BCUT2D eigenvalue weighted by molar-refractivity contribution is 7.90. The van der Waals surface area contributed by atoms with Gasteiger partial charge in [-0.05, 0) is 34.4 Å². The highest BCUT2D eigenvalue weighted by Gasteiger charge is 2.09. The average Bonchev–Trinajstić information content (AvgIpc) is 2.55. The maximum Gasteiger partial charge on any atom is 0.175 e. The predicted molar refractivity (Wildman–Crippen MR) is 101 cm³/mol. The molecule has 0 saturated carbocycles. The summed E-state index contributed by atoms with van der Waals surface area (Å²) in [6.45, 7) is 0. The van der Waals surface area contributed by atoms with Crippen molar-refractivity contribution in [3.8, 4) is 22.3 Å². The SMILES string of the molecule is CS(=O)(=O)c1ccc(-c2ccccc2-c2ccccc2)cc1.S. The Morgan fingerprint density at radius 3 is 1.52 bits per heavy atom. The molecular weight excluding hydrogens is 324 g/mol. The Labute approximate surface area is 144 Å². The van der Waals surface area contributed by atoms with Crippen LogP contribution in [-0.4, -0.2) is 14.7 Å². The zero-order chi connectivity index (χ0) is 15.6. The summed E-state index contributed by atoms with van der Waals surface area (Å²) >= 11 is 0. The Balaban J connectivity index is 0.00000192. The Bertz CT molecular complexity index is 884. The maximum absolute atomic E-state index is 11.6. The number of hydrogen-bond donors (Lipinski definition) is 0. The van der Waals surface area contributed by atoms with Gasteiger partial charge in [0.1, 0.15) is 0 Å². The molecule has 0 aromatic heterocycles. The second-order valence-corrected chi connectivity index (χ2v) is 7.22. The minimum atomic E-state index is -3.16. The Kier molecular flexibility index (Phi) is 5.29. The highest BCUT2D eigenvalue weighted by atomic mass is 32.2. The zero-order valence-corrected chi connectivity index (χ0v) is 14.5. The molecule has 2 nitrogen and oxygen atoms in total. The molecule has 0 aliphatic rings. The third-order valence-electron chi connectivity index (χ3n) is 3.61. The van der Waals surface area contributed by atoms with Gasteiger partial charge in [-0.1, -0.05) is 66.7 Å². The number of hydrogen-bond acceptors (Lipinski definition) is 2. The summed E-state index contributed by atoms with van der Waals surface area (Å²) in [6, 6.07) is 25.3. The van der Waals surface area contributed by atoms with E-state index >= 15 is 0 Å². The normalized spacial score (nSPS) is 10.8. The molecule has 0 saturated heterocycles. The molecule has 0 fully saturated rings. The van der Waals surface area contributed by atoms with Crippen LogP contribution in [0.5, 0.6) is 0 Å². The molecule has 0 N–H and O–H groups in total. The minimum Gasteiger partial charge on any atom is -0.224 e. The Hall–Kier alpha value is -2.04. The fourth-order valence-corrected chi connectivity index (χ4v) is 3.12. The molecule has 3 aromatic rings. The quantitative estimate of drug-likeness (QED) is 0.700. The van der Waals surface area contributed by atoms with Gasteiger partial charge in [0.15, 0.2) is 9.84 Å². The van der Waals surface area contributed by atoms with Crippen LogP contribution in [0.1, 0.15) is 0 Å². The molecule has 0 unspecified atom stereocenters. The zero-order valence-electron chi connectivity index (χ0n) is 12.7. The summed E-state index contributed by atoms with van der Waals surface area (Å²) in [6.07, 6.45) is 1.22. The van der Waals surface area contributed by atoms with Crippen molar-refractivity contribution in [2.45, 2.75) is 4.90 Å². The molecule has 0 bridgehead atoms. The van der Waals surface area contributed by atoms with Crippen LogP contribution in [0, 0.1) is 0 Å². The molecule has 0 aliphatic carbocycles. The lowest BCUT2D eigenvalue weighted by molar-refractivity contribution is 0.602. The minimum absolute atomic E-state index is 0. The van der Waals surface area contributed by atoms with E-state index in [2.05, 4.69) is 24.3 Å². The molecule has 118 valence electrons. The van der Waals surface area contributed by atoms with Crippen molar-refractivity contribution in [3.63, 3.8) is 0 Å². The molecule has 0 aliphatic heterocycles. The van der Waals surface area contributed by atoms with Crippen molar-refractivity contribution in [1.82, 2.24) is 0 Å². The van der Waals surface area contributed by atoms with Crippen molar-refractivity contribution in [1.29, 1.82) is 0 Å². The van der Waals surface area contributed by atoms with E-state index in [1.54, 1.807) is 12.1 Å². The molecule has 23 heavy (non-hydrogen) atoms. The van der Waals surface area contributed by atoms with Crippen LogP contribution in [0.2, 0.25) is 0 Å². The van der Waals surface area contributed by atoms with Gasteiger partial charge in [-0.3, -0.25) is 0 Å². The lowest BCUT2D eigenvalue weighted by Crippen LogP contribution is -1.96. The first-order chi connectivity index (χ1) is 10.6. The van der Waals surface area contributed by atoms with Gasteiger partial charge < -0.3 is 0 Å². The smallest absolute Gasteiger partial charge is 0.175 e. The van der Waals surface area contributed by atoms with Gasteiger partial charge in [-0.15, -0.1) is 0 Å². The standard InChI is InChI=1S/C19H16O2S.H2S/c1-22(20,21)17-13-11-16(12-14-17)19-10-6-5-9-18(19)15-7-3-2-4-8-15;/h2-14H,1H3;1H2. The van der Waals surface area contributed by atoms with Gasteiger partial charge >= 0.3 is 0 Å². The van der Waals surface area contributed by atoms with Crippen LogP contribution in [0.25, 0.3) is 22.3 Å². The molecule has 4 heteroatoms. The van der Waals surface area contributed by atoms with Gasteiger partial charge in [-0.2, -0.15) is 13.5 Å². The summed E-state index contributed by atoms with van der Waals surface area (Å²) in [7, 11) is -3.16. The molecule has 0 radical (unpaired) electrons. The fraction of sp³-hybridized carbons (Fsp3) is 0.0526. The maximum atomic E-state index is 11.6. The number of sulfone groups is 1. The van der Waals surface area contributed by atoms with E-state index in [4.69, 9.17) is 0 Å². The summed E-state index contributed by atoms with van der Waals surface area (Å²) in [5.41, 5.74) is 4.38. The van der Waals surface area contributed by atoms with Gasteiger partial charge in [-0.25, -0.2) is 8.42 Å². The molecule has 0 heterocycles. The Morgan fingerprint density at radius 1 is 0.609 bits per heavy atom. The first-order valence-electron chi connectivity index (χ1n) is 7.01. The molecule has 0 amide bonds. The van der Waals surface area contributed by atoms with Gasteiger partial charge in [0.05, 0.1) is 4.90 Å². The van der Waals surface area contributed by atoms with Crippen molar-refractivity contribution >= 4 is 23.3 Å². The van der Waals surface area contributed by atoms with E-state index < -0.39 is 9.84 Å². The molecule has 3 rings (SSSR count). The van der Waals surface area contributed by atoms with E-state index in [0.29, 0.717) is 4.90 Å². The summed E-state index contributed by atoms with van der Waals surface area (Å²) in [5.74, 6) is 0. The van der Waals surface area contributed by atoms with Crippen molar-refractivity contribution in [2.24, 2.45) is 0 Å². The van der Waals surface area contributed by atoms with Crippen LogP contribution < -0.4 is 0 Å². The van der Waals surface area contributed by atoms with E-state index in [-0.39, 0.29) is 13.5 Å². The van der Waals surface area contributed by atoms with Gasteiger partial charge in [0, 0.05) is 6.26 Å². The summed E-state index contributed by atoms with van der Waals surface area (Å²) in [4.78, 5) is 0.341. The van der Waals surface area contributed by atoms with Crippen LogP contribution in [0.4, 0.5) is 0 Å². The molecule has 3 aromatic carbocycles. The number of rotatable bonds is 3. The average molecular weight is 342 g/mol. The van der Waals surface area contributed by atoms with E-state index in [9.17, 15) is 8.42 Å². The third-order valence-corrected chi connectivity index (χ3v) is 4.73. The van der Waals surface area contributed by atoms with Crippen LogP contribution in [-0.2, 0) is 9.84 Å². The third kappa shape index (κ3) is 3.84. The fourth-order valence-electron chi connectivity index (χ4n) is 2.49. The molecule has 0 atom stereocenters. The van der Waals surface area contributed by atoms with Crippen LogP contribution in [0.15, 0.2) is 83.8 Å². The molecule has 0 spiro atoms. The topological polar surface area (TPSA) is 34.1 Å². The lowest BCUT2D eigenvalue weighted by Gasteiger charge is -2.10. The van der Waals surface area contributed by atoms with Crippen molar-refractivity contribution in [2.75, 3.05) is 6.26 Å². The van der Waals surface area contributed by atoms with Crippen molar-refractivity contribution < 1.29 is 8.42 Å². The Morgan fingerprint density at radius 2 is 1.04 bits per heavy atom. The van der Waals surface area contributed by atoms with Crippen molar-refractivity contribution in [3.05, 3.63) is 78.9 Å². The monoisotopic (exact) mass is 342 g/mol. The lowest BCUT2D eigenvalue weighted by atomic mass is 9.95. The van der Waals surface area contributed by atoms with Gasteiger partial charge in [0.25, 0.3) is 0 Å². The summed E-state index contributed by atoms with van der Waals surface area (Å²) < 4.78 is 23.1. The number of benzene rings is 3. The second kappa shape index (κ2) is 7.02. The summed E-state index contributed by atoms with van der Waals surface area (Å²) in [5, 5.41) is 0. The van der Waals surface area contributed by atoms with Gasteiger partial charge in [0.2, 0.25) is 0 Å².